The minimum Gasteiger partial charge on any atom is -0.0588 e. The Labute approximate surface area is 86.5 Å². The number of fused-ring (bicyclic) bond motifs is 2. The van der Waals surface area contributed by atoms with E-state index in [9.17, 15) is 0 Å². The van der Waals surface area contributed by atoms with Crippen LogP contribution < -0.4 is 0 Å². The van der Waals surface area contributed by atoms with Gasteiger partial charge in [0.25, 0.3) is 0 Å². The number of rotatable bonds is 0. The second kappa shape index (κ2) is 1.62. The van der Waals surface area contributed by atoms with E-state index < -0.39 is 0 Å². The van der Waals surface area contributed by atoms with E-state index in [0.29, 0.717) is 0 Å². The Kier molecular flexibility index (Phi) is 0.845. The third-order valence-corrected chi connectivity index (χ3v) is 7.94. The zero-order valence-electron chi connectivity index (χ0n) is 9.29. The molecule has 0 aromatic rings. The lowest BCUT2D eigenvalue weighted by molar-refractivity contribution is -0.201. The molecule has 0 heterocycles. The first-order valence-electron chi connectivity index (χ1n) is 6.68. The second-order valence-corrected chi connectivity index (χ2v) is 7.44. The monoisotopic (exact) mass is 188 g/mol. The van der Waals surface area contributed by atoms with Crippen LogP contribution in [0.5, 0.6) is 0 Å². The molecule has 0 aliphatic heterocycles. The minimum atomic E-state index is 0.830. The van der Waals surface area contributed by atoms with Crippen LogP contribution in [0.3, 0.4) is 0 Å². The average Bonchev–Trinajstić information content (AvgIpc) is 2.62. The molecule has 0 amide bonds. The van der Waals surface area contributed by atoms with Crippen molar-refractivity contribution in [2.45, 2.75) is 39.5 Å². The summed E-state index contributed by atoms with van der Waals surface area (Å²) >= 11 is 0. The molecule has 0 radical (unpaired) electrons. The summed E-state index contributed by atoms with van der Waals surface area (Å²) in [7, 11) is 0. The Morgan fingerprint density at radius 2 is 1.71 bits per heavy atom. The summed E-state index contributed by atoms with van der Waals surface area (Å²) in [5.74, 6) is 7.03. The quantitative estimate of drug-likeness (QED) is 0.547. The molecule has 0 aromatic heterocycles. The van der Waals surface area contributed by atoms with Crippen LogP contribution in [0.4, 0.5) is 0 Å². The molecule has 0 nitrogen and oxygen atoms in total. The van der Waals surface area contributed by atoms with Crippen molar-refractivity contribution in [3.63, 3.8) is 0 Å². The Hall–Kier alpha value is 0. The van der Waals surface area contributed by atoms with E-state index in [1.165, 1.54) is 23.7 Å². The van der Waals surface area contributed by atoms with Gasteiger partial charge in [0.2, 0.25) is 0 Å². The first kappa shape index (κ1) is 7.30. The molecule has 0 N–H and O–H groups in total. The van der Waals surface area contributed by atoms with Crippen molar-refractivity contribution in [2.24, 2.45) is 46.3 Å². The van der Waals surface area contributed by atoms with Crippen LogP contribution in [0, 0.1) is 46.3 Å². The largest absolute Gasteiger partial charge is 0.0588 e. The first-order valence-corrected chi connectivity index (χ1v) is 6.68. The topological polar surface area (TPSA) is 0 Å². The van der Waals surface area contributed by atoms with E-state index in [-0.39, 0.29) is 0 Å². The highest BCUT2D eigenvalue weighted by atomic mass is 14.9. The fourth-order valence-corrected chi connectivity index (χ4v) is 7.72. The Morgan fingerprint density at radius 3 is 2.57 bits per heavy atom. The molecule has 0 heteroatoms. The number of hydrogen-bond donors (Lipinski definition) is 0. The van der Waals surface area contributed by atoms with Crippen LogP contribution in [0.15, 0.2) is 0 Å². The van der Waals surface area contributed by atoms with Crippen molar-refractivity contribution < 1.29 is 0 Å². The van der Waals surface area contributed by atoms with E-state index in [1.54, 1.807) is 25.7 Å². The highest BCUT2D eigenvalue weighted by Crippen LogP contribution is 2.90. The van der Waals surface area contributed by atoms with Crippen molar-refractivity contribution in [1.82, 2.24) is 0 Å². The predicted octanol–water partition coefficient (Wildman–Crippen LogP) is 3.32. The minimum absolute atomic E-state index is 0.830. The van der Waals surface area contributed by atoms with Crippen LogP contribution in [-0.2, 0) is 0 Å². The summed E-state index contributed by atoms with van der Waals surface area (Å²) in [6, 6.07) is 0. The van der Waals surface area contributed by atoms with Crippen molar-refractivity contribution in [3.8, 4) is 0 Å². The zero-order chi connectivity index (χ0) is 9.29. The highest BCUT2D eigenvalue weighted by Gasteiger charge is 2.85. The van der Waals surface area contributed by atoms with Crippen LogP contribution in [0.2, 0.25) is 0 Å². The molecule has 5 aliphatic rings. The van der Waals surface area contributed by atoms with Gasteiger partial charge in [-0.25, -0.2) is 0 Å². The van der Waals surface area contributed by atoms with Crippen molar-refractivity contribution in [2.75, 3.05) is 0 Å². The SMILES string of the molecule is CC12C3CCC1C1CC4C(C3)C2C41C. The molecule has 8 unspecified atom stereocenters. The van der Waals surface area contributed by atoms with Gasteiger partial charge in [-0.3, -0.25) is 0 Å². The van der Waals surface area contributed by atoms with Gasteiger partial charge in [-0.15, -0.1) is 0 Å². The third-order valence-electron chi connectivity index (χ3n) is 7.94. The summed E-state index contributed by atoms with van der Waals surface area (Å²) in [6.45, 7) is 5.33. The van der Waals surface area contributed by atoms with Gasteiger partial charge in [0.15, 0.2) is 0 Å². The van der Waals surface area contributed by atoms with Crippen molar-refractivity contribution >= 4 is 0 Å². The predicted molar refractivity (Wildman–Crippen MR) is 55.6 cm³/mol. The van der Waals surface area contributed by atoms with Crippen LogP contribution in [0.25, 0.3) is 0 Å². The molecule has 0 bridgehead atoms. The summed E-state index contributed by atoms with van der Waals surface area (Å²) < 4.78 is 0. The second-order valence-electron chi connectivity index (χ2n) is 7.44. The number of hydrogen-bond acceptors (Lipinski definition) is 0. The fraction of sp³-hybridized carbons (Fsp3) is 1.00. The average molecular weight is 188 g/mol. The zero-order valence-corrected chi connectivity index (χ0v) is 9.29. The van der Waals surface area contributed by atoms with Gasteiger partial charge < -0.3 is 0 Å². The van der Waals surface area contributed by atoms with Crippen LogP contribution in [0.1, 0.15) is 39.5 Å². The molecular weight excluding hydrogens is 168 g/mol. The Balaban J connectivity index is 1.80. The molecule has 0 aromatic carbocycles. The van der Waals surface area contributed by atoms with Gasteiger partial charge in [-0.2, -0.15) is 0 Å². The molecule has 5 fully saturated rings. The molecule has 8 atom stereocenters. The van der Waals surface area contributed by atoms with E-state index in [2.05, 4.69) is 13.8 Å². The smallest absolute Gasteiger partial charge is 0.0227 e. The summed E-state index contributed by atoms with van der Waals surface area (Å²) in [5, 5.41) is 0. The van der Waals surface area contributed by atoms with E-state index in [1.807, 2.05) is 0 Å². The molecule has 5 rings (SSSR count). The maximum Gasteiger partial charge on any atom is -0.0227 e. The molecular formula is C14H20. The summed E-state index contributed by atoms with van der Waals surface area (Å²) in [4.78, 5) is 0. The summed E-state index contributed by atoms with van der Waals surface area (Å²) in [5.41, 5.74) is 1.69. The Morgan fingerprint density at radius 1 is 0.857 bits per heavy atom. The first-order chi connectivity index (χ1) is 6.68. The van der Waals surface area contributed by atoms with E-state index in [0.717, 1.165) is 22.7 Å². The highest BCUT2D eigenvalue weighted by molar-refractivity contribution is 5.32. The van der Waals surface area contributed by atoms with Crippen LogP contribution in [-0.4, -0.2) is 0 Å². The third kappa shape index (κ3) is 0.390. The van der Waals surface area contributed by atoms with Gasteiger partial charge in [0, 0.05) is 0 Å². The van der Waals surface area contributed by atoms with Crippen LogP contribution >= 0.6 is 0 Å². The van der Waals surface area contributed by atoms with Crippen molar-refractivity contribution in [1.29, 1.82) is 0 Å². The van der Waals surface area contributed by atoms with E-state index in [4.69, 9.17) is 0 Å². The van der Waals surface area contributed by atoms with Gasteiger partial charge >= 0.3 is 0 Å². The molecule has 0 saturated heterocycles. The molecule has 76 valence electrons. The normalized spacial score (nSPS) is 81.0. The fourth-order valence-electron chi connectivity index (χ4n) is 7.72. The molecule has 0 spiro atoms. The molecule has 5 aliphatic carbocycles. The maximum atomic E-state index is 2.68. The summed E-state index contributed by atoms with van der Waals surface area (Å²) in [6.07, 6.45) is 6.44. The lowest BCUT2D eigenvalue weighted by Crippen LogP contribution is -2.62. The molecule has 5 saturated carbocycles. The van der Waals surface area contributed by atoms with Crippen molar-refractivity contribution in [3.05, 3.63) is 0 Å². The van der Waals surface area contributed by atoms with Gasteiger partial charge in [-0.05, 0) is 72.0 Å². The lowest BCUT2D eigenvalue weighted by Gasteiger charge is -2.68. The lowest BCUT2D eigenvalue weighted by atomic mass is 9.37. The Bertz CT molecular complexity index is 346. The van der Waals surface area contributed by atoms with Gasteiger partial charge in [-0.1, -0.05) is 13.8 Å². The maximum absolute atomic E-state index is 2.68. The van der Waals surface area contributed by atoms with Gasteiger partial charge in [0.1, 0.15) is 0 Å². The standard InChI is InChI=1S/C14H20/c1-13-7-3-4-9(13)11-6-10-8(5-7)12(13)14(10,11)2/h7-12H,3-6H2,1-2H3. The molecule has 14 heavy (non-hydrogen) atoms. The van der Waals surface area contributed by atoms with E-state index >= 15 is 0 Å². The van der Waals surface area contributed by atoms with Gasteiger partial charge in [0.05, 0.1) is 0 Å².